The Morgan fingerprint density at radius 3 is 2.20 bits per heavy atom. The summed E-state index contributed by atoms with van der Waals surface area (Å²) in [6.45, 7) is 6.17. The van der Waals surface area contributed by atoms with Crippen molar-refractivity contribution < 1.29 is 0 Å². The van der Waals surface area contributed by atoms with E-state index in [2.05, 4.69) is 38.8 Å². The number of anilines is 2. The molecule has 7 heteroatoms. The van der Waals surface area contributed by atoms with Crippen LogP contribution in [0.2, 0.25) is 0 Å². The van der Waals surface area contributed by atoms with Crippen LogP contribution in [-0.4, -0.2) is 24.9 Å². The molecule has 0 aromatic carbocycles. The largest absolute Gasteiger partial charge is 0.368 e. The van der Waals surface area contributed by atoms with Gasteiger partial charge in [0.15, 0.2) is 0 Å². The predicted molar refractivity (Wildman–Crippen MR) is 78.1 cm³/mol. The Morgan fingerprint density at radius 2 is 1.70 bits per heavy atom. The van der Waals surface area contributed by atoms with E-state index in [1.165, 1.54) is 0 Å². The van der Waals surface area contributed by atoms with Crippen LogP contribution >= 0.6 is 0 Å². The molecule has 0 saturated carbocycles. The van der Waals surface area contributed by atoms with Gasteiger partial charge in [0.05, 0.1) is 11.6 Å². The van der Waals surface area contributed by atoms with E-state index in [1.807, 2.05) is 6.92 Å². The van der Waals surface area contributed by atoms with Crippen molar-refractivity contribution in [1.82, 2.24) is 24.9 Å². The molecular weight excluding hydrogens is 254 g/mol. The predicted octanol–water partition coefficient (Wildman–Crippen LogP) is 1.56. The third-order valence-electron chi connectivity index (χ3n) is 3.23. The van der Waals surface area contributed by atoms with Gasteiger partial charge in [-0.1, -0.05) is 20.3 Å². The van der Waals surface area contributed by atoms with Gasteiger partial charge < -0.3 is 16.5 Å². The minimum Gasteiger partial charge on any atom is -0.368 e. The number of imidazole rings is 1. The smallest absolute Gasteiger partial charge is 0.225 e. The number of aromatic amines is 1. The van der Waals surface area contributed by atoms with E-state index in [9.17, 15) is 0 Å². The van der Waals surface area contributed by atoms with E-state index >= 15 is 0 Å². The molecular formula is C13H21N7. The molecule has 7 nitrogen and oxygen atoms in total. The molecule has 0 radical (unpaired) electrons. The van der Waals surface area contributed by atoms with Crippen molar-refractivity contribution in [2.75, 3.05) is 11.5 Å². The summed E-state index contributed by atoms with van der Waals surface area (Å²) in [5.74, 6) is 1.89. The fourth-order valence-corrected chi connectivity index (χ4v) is 2.32. The lowest BCUT2D eigenvalue weighted by Gasteiger charge is -2.14. The SMILES string of the molecule is CCCC(c1nc(N)nc(N)n1)c1[nH]c(CC)nc1C. The maximum atomic E-state index is 5.67. The van der Waals surface area contributed by atoms with Gasteiger partial charge in [-0.2, -0.15) is 15.0 Å². The lowest BCUT2D eigenvalue weighted by atomic mass is 9.97. The number of H-pyrrole nitrogens is 1. The zero-order valence-electron chi connectivity index (χ0n) is 12.1. The third kappa shape index (κ3) is 2.87. The molecule has 2 heterocycles. The van der Waals surface area contributed by atoms with Gasteiger partial charge in [-0.15, -0.1) is 0 Å². The molecule has 0 fully saturated rings. The second-order valence-electron chi connectivity index (χ2n) is 4.79. The number of aryl methyl sites for hydroxylation is 2. The van der Waals surface area contributed by atoms with Crippen LogP contribution in [0.1, 0.15) is 55.6 Å². The van der Waals surface area contributed by atoms with E-state index in [0.29, 0.717) is 5.82 Å². The number of nitrogens with two attached hydrogens (primary N) is 2. The monoisotopic (exact) mass is 275 g/mol. The van der Waals surface area contributed by atoms with E-state index in [4.69, 9.17) is 11.5 Å². The maximum absolute atomic E-state index is 5.67. The maximum Gasteiger partial charge on any atom is 0.225 e. The van der Waals surface area contributed by atoms with E-state index < -0.39 is 0 Å². The molecule has 0 aliphatic rings. The van der Waals surface area contributed by atoms with Crippen LogP contribution in [-0.2, 0) is 6.42 Å². The van der Waals surface area contributed by atoms with Gasteiger partial charge in [-0.05, 0) is 13.3 Å². The highest BCUT2D eigenvalue weighted by molar-refractivity contribution is 5.31. The van der Waals surface area contributed by atoms with Gasteiger partial charge in [-0.3, -0.25) is 0 Å². The highest BCUT2D eigenvalue weighted by atomic mass is 15.1. The average Bonchev–Trinajstić information content (AvgIpc) is 2.76. The van der Waals surface area contributed by atoms with Crippen molar-refractivity contribution >= 4 is 11.9 Å². The molecule has 108 valence electrons. The molecule has 1 unspecified atom stereocenters. The van der Waals surface area contributed by atoms with E-state index in [0.717, 1.165) is 36.5 Å². The van der Waals surface area contributed by atoms with E-state index in [-0.39, 0.29) is 17.8 Å². The second-order valence-corrected chi connectivity index (χ2v) is 4.79. The number of aromatic nitrogens is 5. The topological polar surface area (TPSA) is 119 Å². The minimum absolute atomic E-state index is 0.0143. The molecule has 2 aromatic heterocycles. The summed E-state index contributed by atoms with van der Waals surface area (Å²) >= 11 is 0. The molecule has 0 spiro atoms. The summed E-state index contributed by atoms with van der Waals surface area (Å²) < 4.78 is 0. The highest BCUT2D eigenvalue weighted by Gasteiger charge is 2.22. The first-order chi connectivity index (χ1) is 9.55. The quantitative estimate of drug-likeness (QED) is 0.761. The molecule has 0 amide bonds. The molecule has 20 heavy (non-hydrogen) atoms. The molecule has 2 aromatic rings. The zero-order chi connectivity index (χ0) is 14.7. The normalized spacial score (nSPS) is 12.6. The lowest BCUT2D eigenvalue weighted by molar-refractivity contribution is 0.640. The summed E-state index contributed by atoms with van der Waals surface area (Å²) in [6.07, 6.45) is 2.76. The number of nitrogens with one attached hydrogen (secondary N) is 1. The molecule has 0 bridgehead atoms. The lowest BCUT2D eigenvalue weighted by Crippen LogP contribution is -2.13. The van der Waals surface area contributed by atoms with Crippen LogP contribution in [0.3, 0.4) is 0 Å². The Morgan fingerprint density at radius 1 is 1.05 bits per heavy atom. The zero-order valence-corrected chi connectivity index (χ0v) is 12.1. The summed E-state index contributed by atoms with van der Waals surface area (Å²) in [7, 11) is 0. The van der Waals surface area contributed by atoms with Gasteiger partial charge in [0.2, 0.25) is 11.9 Å². The first-order valence-corrected chi connectivity index (χ1v) is 6.87. The van der Waals surface area contributed by atoms with E-state index in [1.54, 1.807) is 0 Å². The second kappa shape index (κ2) is 5.85. The van der Waals surface area contributed by atoms with Gasteiger partial charge in [0.25, 0.3) is 0 Å². The average molecular weight is 275 g/mol. The van der Waals surface area contributed by atoms with Crippen LogP contribution in [0.4, 0.5) is 11.9 Å². The first-order valence-electron chi connectivity index (χ1n) is 6.87. The fraction of sp³-hybridized carbons (Fsp3) is 0.538. The molecule has 2 rings (SSSR count). The summed E-state index contributed by atoms with van der Waals surface area (Å²) in [5, 5.41) is 0. The van der Waals surface area contributed by atoms with Crippen molar-refractivity contribution in [3.8, 4) is 0 Å². The first kappa shape index (κ1) is 14.2. The third-order valence-corrected chi connectivity index (χ3v) is 3.23. The molecule has 5 N–H and O–H groups in total. The molecule has 0 saturated heterocycles. The Kier molecular flexibility index (Phi) is 4.16. The van der Waals surface area contributed by atoms with Crippen LogP contribution in [0, 0.1) is 6.92 Å². The fourth-order valence-electron chi connectivity index (χ4n) is 2.32. The van der Waals surface area contributed by atoms with Gasteiger partial charge >= 0.3 is 0 Å². The molecule has 0 aliphatic carbocycles. The summed E-state index contributed by atoms with van der Waals surface area (Å²) in [4.78, 5) is 20.2. The van der Waals surface area contributed by atoms with Gasteiger partial charge in [0, 0.05) is 12.1 Å². The minimum atomic E-state index is 0.0143. The van der Waals surface area contributed by atoms with Crippen molar-refractivity contribution in [2.45, 2.75) is 46.0 Å². The van der Waals surface area contributed by atoms with Gasteiger partial charge in [0.1, 0.15) is 11.6 Å². The summed E-state index contributed by atoms with van der Waals surface area (Å²) in [6, 6.07) is 0. The molecule has 1 atom stereocenters. The Balaban J connectivity index is 2.46. The van der Waals surface area contributed by atoms with Gasteiger partial charge in [-0.25, -0.2) is 4.98 Å². The van der Waals surface area contributed by atoms with Crippen LogP contribution in [0.5, 0.6) is 0 Å². The Hall–Kier alpha value is -2.18. The van der Waals surface area contributed by atoms with Crippen molar-refractivity contribution in [3.05, 3.63) is 23.0 Å². The number of nitrogens with zero attached hydrogens (tertiary/aromatic N) is 4. The van der Waals surface area contributed by atoms with Crippen molar-refractivity contribution in [1.29, 1.82) is 0 Å². The standard InChI is InChI=1S/C13H21N7/c1-4-6-8(10-7(3)16-9(5-2)17-10)11-18-12(14)20-13(15)19-11/h8H,4-6H2,1-3H3,(H,16,17)(H4,14,15,18,19,20). The number of rotatable bonds is 5. The van der Waals surface area contributed by atoms with Crippen LogP contribution in [0.15, 0.2) is 0 Å². The summed E-state index contributed by atoms with van der Waals surface area (Å²) in [5.41, 5.74) is 13.4. The molecule has 0 aliphatic heterocycles. The van der Waals surface area contributed by atoms with Crippen LogP contribution < -0.4 is 11.5 Å². The number of hydrogen-bond acceptors (Lipinski definition) is 6. The Bertz CT molecular complexity index is 570. The number of nitrogen functional groups attached to an aromatic ring is 2. The Labute approximate surface area is 118 Å². The van der Waals surface area contributed by atoms with Crippen molar-refractivity contribution in [3.63, 3.8) is 0 Å². The van der Waals surface area contributed by atoms with Crippen LogP contribution in [0.25, 0.3) is 0 Å². The highest BCUT2D eigenvalue weighted by Crippen LogP contribution is 2.28. The van der Waals surface area contributed by atoms with Crippen molar-refractivity contribution in [2.24, 2.45) is 0 Å². The number of hydrogen-bond donors (Lipinski definition) is 3.